The molecule has 20 heavy (non-hydrogen) atoms. The van der Waals surface area contributed by atoms with Crippen LogP contribution in [-0.2, 0) is 6.42 Å². The third-order valence-corrected chi connectivity index (χ3v) is 4.51. The summed E-state index contributed by atoms with van der Waals surface area (Å²) in [7, 11) is 0. The summed E-state index contributed by atoms with van der Waals surface area (Å²) in [6.45, 7) is 8.42. The number of anilines is 2. The van der Waals surface area contributed by atoms with Crippen LogP contribution in [0.2, 0.25) is 0 Å². The van der Waals surface area contributed by atoms with Gasteiger partial charge in [-0.15, -0.1) is 0 Å². The number of rotatable bonds is 7. The van der Waals surface area contributed by atoms with Gasteiger partial charge in [-0.25, -0.2) is 9.97 Å². The van der Waals surface area contributed by atoms with Crippen molar-refractivity contribution in [2.45, 2.75) is 59.3 Å². The van der Waals surface area contributed by atoms with Crippen LogP contribution in [-0.4, -0.2) is 23.1 Å². The van der Waals surface area contributed by atoms with Gasteiger partial charge >= 0.3 is 0 Å². The molecule has 2 N–H and O–H groups in total. The van der Waals surface area contributed by atoms with E-state index in [0.717, 1.165) is 37.0 Å². The van der Waals surface area contributed by atoms with Crippen molar-refractivity contribution in [3.8, 4) is 0 Å². The van der Waals surface area contributed by atoms with Gasteiger partial charge in [-0.3, -0.25) is 0 Å². The standard InChI is InChI=1S/C16H28N4/c1-4-13-19-14(17-6-3)11-15(20-13)18-12-16(5-2)9-7-8-10-16/h11H,4-10,12H2,1-3H3,(H2,17,18,19,20). The Morgan fingerprint density at radius 3 is 2.25 bits per heavy atom. The highest BCUT2D eigenvalue weighted by molar-refractivity contribution is 5.47. The topological polar surface area (TPSA) is 49.8 Å². The first-order valence-electron chi connectivity index (χ1n) is 8.07. The molecule has 4 nitrogen and oxygen atoms in total. The van der Waals surface area contributed by atoms with E-state index in [4.69, 9.17) is 0 Å². The Hall–Kier alpha value is -1.32. The first kappa shape index (κ1) is 15.1. The zero-order valence-corrected chi connectivity index (χ0v) is 13.1. The van der Waals surface area contributed by atoms with Gasteiger partial charge in [0, 0.05) is 25.6 Å². The van der Waals surface area contributed by atoms with Crippen molar-refractivity contribution >= 4 is 11.6 Å². The molecule has 0 amide bonds. The average molecular weight is 276 g/mol. The maximum atomic E-state index is 4.60. The maximum absolute atomic E-state index is 4.60. The van der Waals surface area contributed by atoms with Gasteiger partial charge in [0.25, 0.3) is 0 Å². The van der Waals surface area contributed by atoms with E-state index in [1.807, 2.05) is 6.07 Å². The van der Waals surface area contributed by atoms with Crippen LogP contribution in [0, 0.1) is 5.41 Å². The van der Waals surface area contributed by atoms with E-state index in [1.54, 1.807) is 0 Å². The molecule has 0 aliphatic heterocycles. The lowest BCUT2D eigenvalue weighted by Gasteiger charge is -2.28. The van der Waals surface area contributed by atoms with Crippen molar-refractivity contribution in [1.29, 1.82) is 0 Å². The minimum absolute atomic E-state index is 0.482. The van der Waals surface area contributed by atoms with Crippen LogP contribution in [0.15, 0.2) is 6.07 Å². The van der Waals surface area contributed by atoms with Crippen molar-refractivity contribution in [1.82, 2.24) is 9.97 Å². The van der Waals surface area contributed by atoms with Crippen molar-refractivity contribution in [3.63, 3.8) is 0 Å². The third kappa shape index (κ3) is 3.62. The Bertz CT molecular complexity index is 424. The molecular formula is C16H28N4. The molecule has 1 aromatic rings. The minimum Gasteiger partial charge on any atom is -0.370 e. The van der Waals surface area contributed by atoms with Gasteiger partial charge in [0.2, 0.25) is 0 Å². The highest BCUT2D eigenvalue weighted by Gasteiger charge is 2.31. The summed E-state index contributed by atoms with van der Waals surface area (Å²) in [5, 5.41) is 6.84. The van der Waals surface area contributed by atoms with E-state index in [0.29, 0.717) is 5.41 Å². The van der Waals surface area contributed by atoms with Gasteiger partial charge in [0.1, 0.15) is 17.5 Å². The number of nitrogens with zero attached hydrogens (tertiary/aromatic N) is 2. The number of aryl methyl sites for hydroxylation is 1. The Morgan fingerprint density at radius 1 is 1.05 bits per heavy atom. The molecule has 2 rings (SSSR count). The van der Waals surface area contributed by atoms with E-state index < -0.39 is 0 Å². The monoisotopic (exact) mass is 276 g/mol. The molecule has 1 aromatic heterocycles. The van der Waals surface area contributed by atoms with Gasteiger partial charge in [-0.1, -0.05) is 26.7 Å². The SMILES string of the molecule is CCNc1cc(NCC2(CC)CCCC2)nc(CC)n1. The summed E-state index contributed by atoms with van der Waals surface area (Å²) in [5.41, 5.74) is 0.482. The number of nitrogens with one attached hydrogen (secondary N) is 2. The smallest absolute Gasteiger partial charge is 0.132 e. The lowest BCUT2D eigenvalue weighted by molar-refractivity contribution is 0.306. The molecule has 0 unspecified atom stereocenters. The molecule has 0 saturated heterocycles. The van der Waals surface area contributed by atoms with Crippen molar-refractivity contribution in [3.05, 3.63) is 11.9 Å². The first-order valence-corrected chi connectivity index (χ1v) is 8.07. The Balaban J connectivity index is 2.06. The predicted molar refractivity (Wildman–Crippen MR) is 85.3 cm³/mol. The summed E-state index contributed by atoms with van der Waals surface area (Å²) in [6, 6.07) is 2.03. The fourth-order valence-corrected chi connectivity index (χ4v) is 3.08. The Kier molecular flexibility index (Phi) is 5.21. The molecular weight excluding hydrogens is 248 g/mol. The van der Waals surface area contributed by atoms with Gasteiger partial charge in [-0.05, 0) is 31.6 Å². The molecule has 0 radical (unpaired) electrons. The zero-order chi connectivity index (χ0) is 14.4. The van der Waals surface area contributed by atoms with E-state index in [2.05, 4.69) is 41.4 Å². The highest BCUT2D eigenvalue weighted by atomic mass is 15.1. The second-order valence-electron chi connectivity index (χ2n) is 5.85. The molecule has 1 heterocycles. The predicted octanol–water partition coefficient (Wildman–Crippen LogP) is 3.85. The second kappa shape index (κ2) is 6.91. The van der Waals surface area contributed by atoms with Crippen molar-refractivity contribution in [2.75, 3.05) is 23.7 Å². The lowest BCUT2D eigenvalue weighted by Crippen LogP contribution is -2.26. The summed E-state index contributed by atoms with van der Waals surface area (Å²) in [6.07, 6.45) is 7.58. The molecule has 0 spiro atoms. The fraction of sp³-hybridized carbons (Fsp3) is 0.750. The molecule has 1 fully saturated rings. The molecule has 112 valence electrons. The van der Waals surface area contributed by atoms with Gasteiger partial charge < -0.3 is 10.6 Å². The van der Waals surface area contributed by atoms with E-state index in [1.165, 1.54) is 32.1 Å². The molecule has 0 atom stereocenters. The molecule has 1 saturated carbocycles. The fourth-order valence-electron chi connectivity index (χ4n) is 3.08. The molecule has 0 aromatic carbocycles. The quantitative estimate of drug-likeness (QED) is 0.794. The molecule has 1 aliphatic rings. The normalized spacial score (nSPS) is 17.1. The highest BCUT2D eigenvalue weighted by Crippen LogP contribution is 2.40. The number of hydrogen-bond donors (Lipinski definition) is 2. The zero-order valence-electron chi connectivity index (χ0n) is 13.1. The van der Waals surface area contributed by atoms with E-state index in [9.17, 15) is 0 Å². The average Bonchev–Trinajstić information content (AvgIpc) is 2.95. The van der Waals surface area contributed by atoms with Crippen LogP contribution in [0.25, 0.3) is 0 Å². The molecule has 4 heteroatoms. The van der Waals surface area contributed by atoms with Crippen molar-refractivity contribution in [2.24, 2.45) is 5.41 Å². The summed E-state index contributed by atoms with van der Waals surface area (Å²) in [5.74, 6) is 2.80. The molecule has 1 aliphatic carbocycles. The van der Waals surface area contributed by atoms with Crippen LogP contribution < -0.4 is 10.6 Å². The van der Waals surface area contributed by atoms with E-state index in [-0.39, 0.29) is 0 Å². The first-order chi connectivity index (χ1) is 9.71. The van der Waals surface area contributed by atoms with Gasteiger partial charge in [0.05, 0.1) is 0 Å². The van der Waals surface area contributed by atoms with Gasteiger partial charge in [-0.2, -0.15) is 0 Å². The van der Waals surface area contributed by atoms with Crippen molar-refractivity contribution < 1.29 is 0 Å². The largest absolute Gasteiger partial charge is 0.370 e. The second-order valence-corrected chi connectivity index (χ2v) is 5.85. The van der Waals surface area contributed by atoms with Crippen LogP contribution in [0.1, 0.15) is 58.7 Å². The Morgan fingerprint density at radius 2 is 1.70 bits per heavy atom. The Labute approximate surface area is 122 Å². The van der Waals surface area contributed by atoms with Crippen LogP contribution >= 0.6 is 0 Å². The third-order valence-electron chi connectivity index (χ3n) is 4.51. The summed E-state index contributed by atoms with van der Waals surface area (Å²) < 4.78 is 0. The van der Waals surface area contributed by atoms with Crippen LogP contribution in [0.3, 0.4) is 0 Å². The van der Waals surface area contributed by atoms with Crippen LogP contribution in [0.4, 0.5) is 11.6 Å². The summed E-state index contributed by atoms with van der Waals surface area (Å²) in [4.78, 5) is 9.09. The number of aromatic nitrogens is 2. The van der Waals surface area contributed by atoms with Gasteiger partial charge in [0.15, 0.2) is 0 Å². The van der Waals surface area contributed by atoms with Crippen LogP contribution in [0.5, 0.6) is 0 Å². The molecule has 0 bridgehead atoms. The number of hydrogen-bond acceptors (Lipinski definition) is 4. The van der Waals surface area contributed by atoms with E-state index >= 15 is 0 Å². The minimum atomic E-state index is 0.482. The summed E-state index contributed by atoms with van der Waals surface area (Å²) >= 11 is 0. The lowest BCUT2D eigenvalue weighted by atomic mass is 9.83. The maximum Gasteiger partial charge on any atom is 0.132 e.